The summed E-state index contributed by atoms with van der Waals surface area (Å²) < 4.78 is 0. The molecule has 1 aromatic rings. The molecule has 1 rings (SSSR count). The molecular formula is C11H20N4S. The van der Waals surface area contributed by atoms with Crippen LogP contribution in [0, 0.1) is 6.92 Å². The molecule has 0 radical (unpaired) electrons. The van der Waals surface area contributed by atoms with Crippen molar-refractivity contribution in [2.24, 2.45) is 0 Å². The Bertz CT molecular complexity index is 306. The number of hydrogen-bond donors (Lipinski definition) is 1. The lowest BCUT2D eigenvalue weighted by Crippen LogP contribution is -2.25. The highest BCUT2D eigenvalue weighted by Crippen LogP contribution is 2.16. The van der Waals surface area contributed by atoms with Gasteiger partial charge in [-0.1, -0.05) is 13.8 Å². The number of aromatic nitrogens is 2. The number of aryl methyl sites for hydroxylation is 1. The first-order valence-electron chi connectivity index (χ1n) is 5.62. The van der Waals surface area contributed by atoms with Crippen molar-refractivity contribution in [3.05, 3.63) is 11.8 Å². The first kappa shape index (κ1) is 13.3. The fourth-order valence-electron chi connectivity index (χ4n) is 1.45. The molecule has 1 heterocycles. The normalized spacial score (nSPS) is 11.0. The van der Waals surface area contributed by atoms with E-state index in [1.165, 1.54) is 0 Å². The summed E-state index contributed by atoms with van der Waals surface area (Å²) in [5.74, 6) is 1.41. The average molecular weight is 240 g/mol. The molecule has 0 aromatic carbocycles. The largest absolute Gasteiger partial charge is 0.368 e. The van der Waals surface area contributed by atoms with Gasteiger partial charge in [0.2, 0.25) is 5.95 Å². The minimum absolute atomic E-state index is 0.366. The van der Waals surface area contributed by atoms with Gasteiger partial charge in [-0.25, -0.2) is 9.97 Å². The van der Waals surface area contributed by atoms with Gasteiger partial charge in [0.1, 0.15) is 5.03 Å². The third-order valence-electron chi connectivity index (χ3n) is 2.40. The molecule has 0 aliphatic carbocycles. The van der Waals surface area contributed by atoms with E-state index in [0.717, 1.165) is 36.1 Å². The Hall–Kier alpha value is -0.810. The monoisotopic (exact) mass is 240 g/mol. The van der Waals surface area contributed by atoms with E-state index in [4.69, 9.17) is 5.73 Å². The van der Waals surface area contributed by atoms with Gasteiger partial charge >= 0.3 is 0 Å². The van der Waals surface area contributed by atoms with Crippen LogP contribution in [0.2, 0.25) is 0 Å². The quantitative estimate of drug-likeness (QED) is 0.607. The standard InChI is InChI=1S/C11H20N4S/c1-4-15(5-2)6-7-16-10-8-9(3)13-11(12)14-10/h8H,4-7H2,1-3H3,(H2,12,13,14). The zero-order valence-corrected chi connectivity index (χ0v) is 11.0. The minimum Gasteiger partial charge on any atom is -0.368 e. The van der Waals surface area contributed by atoms with E-state index in [1.54, 1.807) is 11.8 Å². The average Bonchev–Trinajstić information content (AvgIpc) is 2.23. The van der Waals surface area contributed by atoms with Gasteiger partial charge in [-0.05, 0) is 26.1 Å². The number of anilines is 1. The van der Waals surface area contributed by atoms with Crippen LogP contribution >= 0.6 is 11.8 Å². The van der Waals surface area contributed by atoms with Crippen LogP contribution in [0.1, 0.15) is 19.5 Å². The Morgan fingerprint density at radius 1 is 1.31 bits per heavy atom. The third kappa shape index (κ3) is 4.37. The maximum Gasteiger partial charge on any atom is 0.221 e. The van der Waals surface area contributed by atoms with E-state index in [0.29, 0.717) is 5.95 Å². The van der Waals surface area contributed by atoms with E-state index in [1.807, 2.05) is 13.0 Å². The molecule has 0 saturated carbocycles. The van der Waals surface area contributed by atoms with Crippen molar-refractivity contribution in [3.63, 3.8) is 0 Å². The molecule has 0 spiro atoms. The van der Waals surface area contributed by atoms with Crippen molar-refractivity contribution in [2.45, 2.75) is 25.8 Å². The second kappa shape index (κ2) is 6.70. The topological polar surface area (TPSA) is 55.0 Å². The van der Waals surface area contributed by atoms with Gasteiger partial charge in [0.15, 0.2) is 0 Å². The molecule has 90 valence electrons. The van der Waals surface area contributed by atoms with Gasteiger partial charge in [0.05, 0.1) is 0 Å². The predicted octanol–water partition coefficient (Wildman–Crippen LogP) is 1.80. The summed E-state index contributed by atoms with van der Waals surface area (Å²) in [6.45, 7) is 9.58. The highest BCUT2D eigenvalue weighted by Gasteiger charge is 2.02. The van der Waals surface area contributed by atoms with E-state index < -0.39 is 0 Å². The molecule has 2 N–H and O–H groups in total. The molecular weight excluding hydrogens is 220 g/mol. The number of nitrogens with two attached hydrogens (primary N) is 1. The van der Waals surface area contributed by atoms with Crippen molar-refractivity contribution in [3.8, 4) is 0 Å². The molecule has 0 atom stereocenters. The maximum atomic E-state index is 5.60. The van der Waals surface area contributed by atoms with Gasteiger partial charge in [0.25, 0.3) is 0 Å². The van der Waals surface area contributed by atoms with Crippen molar-refractivity contribution in [1.29, 1.82) is 0 Å². The molecule has 0 aliphatic rings. The smallest absolute Gasteiger partial charge is 0.221 e. The van der Waals surface area contributed by atoms with Crippen molar-refractivity contribution in [2.75, 3.05) is 31.1 Å². The second-order valence-electron chi connectivity index (χ2n) is 3.58. The zero-order valence-electron chi connectivity index (χ0n) is 10.2. The lowest BCUT2D eigenvalue weighted by Gasteiger charge is -2.17. The molecule has 4 nitrogen and oxygen atoms in total. The van der Waals surface area contributed by atoms with Gasteiger partial charge < -0.3 is 10.6 Å². The van der Waals surface area contributed by atoms with Gasteiger partial charge in [-0.2, -0.15) is 0 Å². The Morgan fingerprint density at radius 2 is 2.00 bits per heavy atom. The van der Waals surface area contributed by atoms with E-state index in [-0.39, 0.29) is 0 Å². The summed E-state index contributed by atoms with van der Waals surface area (Å²) in [4.78, 5) is 10.6. The summed E-state index contributed by atoms with van der Waals surface area (Å²) in [7, 11) is 0. The van der Waals surface area contributed by atoms with Crippen LogP contribution in [0.4, 0.5) is 5.95 Å². The number of nitrogen functional groups attached to an aromatic ring is 1. The van der Waals surface area contributed by atoms with Gasteiger partial charge in [-0.3, -0.25) is 0 Å². The highest BCUT2D eigenvalue weighted by atomic mass is 32.2. The molecule has 0 amide bonds. The second-order valence-corrected chi connectivity index (χ2v) is 4.70. The Labute approximate surface area is 102 Å². The summed E-state index contributed by atoms with van der Waals surface area (Å²) >= 11 is 1.74. The van der Waals surface area contributed by atoms with Crippen molar-refractivity contribution >= 4 is 17.7 Å². The fraction of sp³-hybridized carbons (Fsp3) is 0.636. The maximum absolute atomic E-state index is 5.60. The summed E-state index contributed by atoms with van der Waals surface area (Å²) in [5.41, 5.74) is 6.53. The summed E-state index contributed by atoms with van der Waals surface area (Å²) in [6.07, 6.45) is 0. The van der Waals surface area contributed by atoms with Gasteiger partial charge in [-0.15, -0.1) is 11.8 Å². The number of nitrogens with zero attached hydrogens (tertiary/aromatic N) is 3. The van der Waals surface area contributed by atoms with Crippen LogP contribution in [0.3, 0.4) is 0 Å². The Kier molecular flexibility index (Phi) is 5.55. The van der Waals surface area contributed by atoms with Crippen LogP contribution in [-0.2, 0) is 0 Å². The Morgan fingerprint density at radius 3 is 2.56 bits per heavy atom. The number of thioether (sulfide) groups is 1. The molecule has 0 unspecified atom stereocenters. The molecule has 0 bridgehead atoms. The van der Waals surface area contributed by atoms with E-state index >= 15 is 0 Å². The predicted molar refractivity (Wildman–Crippen MR) is 69.7 cm³/mol. The van der Waals surface area contributed by atoms with E-state index in [9.17, 15) is 0 Å². The van der Waals surface area contributed by atoms with Crippen LogP contribution in [0.5, 0.6) is 0 Å². The number of hydrogen-bond acceptors (Lipinski definition) is 5. The van der Waals surface area contributed by atoms with Crippen molar-refractivity contribution in [1.82, 2.24) is 14.9 Å². The number of rotatable bonds is 6. The van der Waals surface area contributed by atoms with E-state index in [2.05, 4.69) is 28.7 Å². The van der Waals surface area contributed by atoms with Crippen LogP contribution < -0.4 is 5.73 Å². The molecule has 0 aliphatic heterocycles. The van der Waals surface area contributed by atoms with Crippen molar-refractivity contribution < 1.29 is 0 Å². The summed E-state index contributed by atoms with van der Waals surface area (Å²) in [6, 6.07) is 1.98. The van der Waals surface area contributed by atoms with Crippen LogP contribution in [0.25, 0.3) is 0 Å². The lowest BCUT2D eigenvalue weighted by atomic mass is 10.5. The summed E-state index contributed by atoms with van der Waals surface area (Å²) in [5, 5.41) is 0.970. The Balaban J connectivity index is 2.42. The fourth-order valence-corrected chi connectivity index (χ4v) is 2.43. The lowest BCUT2D eigenvalue weighted by molar-refractivity contribution is 0.324. The molecule has 1 aromatic heterocycles. The molecule has 0 saturated heterocycles. The van der Waals surface area contributed by atoms with Crippen LogP contribution in [0.15, 0.2) is 11.1 Å². The zero-order chi connectivity index (χ0) is 12.0. The van der Waals surface area contributed by atoms with Gasteiger partial charge in [0, 0.05) is 18.0 Å². The first-order chi connectivity index (χ1) is 7.65. The molecule has 0 fully saturated rings. The SMILES string of the molecule is CCN(CC)CCSc1cc(C)nc(N)n1. The molecule has 16 heavy (non-hydrogen) atoms. The highest BCUT2D eigenvalue weighted by molar-refractivity contribution is 7.99. The minimum atomic E-state index is 0.366. The molecule has 5 heteroatoms. The third-order valence-corrected chi connectivity index (χ3v) is 3.29. The van der Waals surface area contributed by atoms with Crippen LogP contribution in [-0.4, -0.2) is 40.3 Å². The first-order valence-corrected chi connectivity index (χ1v) is 6.60.